The Bertz CT molecular complexity index is 1020. The summed E-state index contributed by atoms with van der Waals surface area (Å²) in [5.41, 5.74) is 0. The fourth-order valence-corrected chi connectivity index (χ4v) is 2.93. The van der Waals surface area contributed by atoms with Crippen molar-refractivity contribution in [1.82, 2.24) is 0 Å². The van der Waals surface area contributed by atoms with Gasteiger partial charge in [-0.15, -0.1) is 46.2 Å². The van der Waals surface area contributed by atoms with Gasteiger partial charge in [-0.2, -0.15) is 78.9 Å². The van der Waals surface area contributed by atoms with Gasteiger partial charge in [-0.25, -0.2) is 12.2 Å². The molecule has 174 valence electrons. The molecule has 0 saturated heterocycles. The van der Waals surface area contributed by atoms with Crippen LogP contribution in [0.1, 0.15) is 13.8 Å². The molecule has 0 heterocycles. The van der Waals surface area contributed by atoms with E-state index in [1.807, 2.05) is 72.8 Å². The first kappa shape index (κ1) is 33.9. The van der Waals surface area contributed by atoms with E-state index in [1.165, 1.54) is 21.5 Å². The predicted octanol–water partition coefficient (Wildman–Crippen LogP) is 2.63. The molecule has 0 bridgehead atoms. The molecule has 1 aliphatic rings. The maximum atomic E-state index is 2.99. The van der Waals surface area contributed by atoms with Crippen LogP contribution in [0.5, 0.6) is 0 Å². The molecule has 0 amide bonds. The van der Waals surface area contributed by atoms with Crippen molar-refractivity contribution in [3.05, 3.63) is 152 Å². The Labute approximate surface area is 236 Å². The van der Waals surface area contributed by atoms with Crippen molar-refractivity contribution in [1.29, 1.82) is 0 Å². The second kappa shape index (κ2) is 21.2. The molecular formula is C31H28Cl2Zr-4. The Morgan fingerprint density at radius 3 is 1.29 bits per heavy atom. The van der Waals surface area contributed by atoms with E-state index in [-0.39, 0.29) is 58.4 Å². The zero-order chi connectivity index (χ0) is 20.7. The number of hydrogen-bond donors (Lipinski definition) is 0. The molecule has 0 unspecified atom stereocenters. The molecule has 0 nitrogen and oxygen atoms in total. The van der Waals surface area contributed by atoms with E-state index >= 15 is 0 Å². The zero-order valence-corrected chi connectivity index (χ0v) is 22.1. The van der Waals surface area contributed by atoms with Gasteiger partial charge in [0.1, 0.15) is 0 Å². The summed E-state index contributed by atoms with van der Waals surface area (Å²) in [5.74, 6) is 0. The zero-order valence-electron chi connectivity index (χ0n) is 18.2. The van der Waals surface area contributed by atoms with Crippen LogP contribution < -0.4 is 24.8 Å². The fraction of sp³-hybridized carbons (Fsp3) is 0.0645. The quantitative estimate of drug-likeness (QED) is 0.255. The first-order valence-electron chi connectivity index (χ1n) is 10.0. The molecule has 0 radical (unpaired) electrons. The monoisotopic (exact) mass is 560 g/mol. The number of allylic oxidation sites excluding steroid dienone is 4. The molecule has 0 aliphatic heterocycles. The Hall–Kier alpha value is -2.31. The second-order valence-electron chi connectivity index (χ2n) is 6.48. The summed E-state index contributed by atoms with van der Waals surface area (Å²) in [6.45, 7) is 0. The van der Waals surface area contributed by atoms with Crippen LogP contribution >= 0.6 is 0 Å². The average molecular weight is 563 g/mol. The molecular weight excluding hydrogens is 534 g/mol. The SMILES string of the molecule is C.[C-]1=CC=CC1.[Cl-].[Cl-].[Zr+2].[c-]1ccccc1.[c-]1ccccc1.c1ccc2c(c1)[cH-]c1ccccc12. The van der Waals surface area contributed by atoms with Crippen molar-refractivity contribution in [3.8, 4) is 0 Å². The molecule has 0 saturated carbocycles. The summed E-state index contributed by atoms with van der Waals surface area (Å²) in [6, 6.07) is 44.3. The van der Waals surface area contributed by atoms with Gasteiger partial charge in [-0.1, -0.05) is 43.8 Å². The van der Waals surface area contributed by atoms with Crippen LogP contribution in [0.15, 0.2) is 133 Å². The standard InChI is InChI=1S/C13H9.2C6H5.C5H5.CH4.2ClH.Zr/c1-3-7-12-10(5-1)9-11-6-2-4-8-13(11)12;2*1-2-4-6-5-3-1;1-2-4-5-3-1;;;;/h1-9H;2*1-5H;1-3H,4H2;1H4;2*1H;/q4*-1;;;;+2/p-2. The van der Waals surface area contributed by atoms with E-state index in [4.69, 9.17) is 0 Å². The summed E-state index contributed by atoms with van der Waals surface area (Å²) in [7, 11) is 0. The Morgan fingerprint density at radius 1 is 0.588 bits per heavy atom. The summed E-state index contributed by atoms with van der Waals surface area (Å²) in [5, 5.41) is 5.39. The van der Waals surface area contributed by atoms with E-state index in [0.717, 1.165) is 6.42 Å². The minimum Gasteiger partial charge on any atom is -1.00 e. The first-order chi connectivity index (χ1) is 14.9. The van der Waals surface area contributed by atoms with Crippen molar-refractivity contribution >= 4 is 21.5 Å². The molecule has 0 fully saturated rings. The number of hydrogen-bond acceptors (Lipinski definition) is 0. The van der Waals surface area contributed by atoms with E-state index < -0.39 is 0 Å². The molecule has 5 aromatic rings. The maximum Gasteiger partial charge on any atom is 2.00 e. The summed E-state index contributed by atoms with van der Waals surface area (Å²) >= 11 is 0. The van der Waals surface area contributed by atoms with Crippen LogP contribution in [0.3, 0.4) is 0 Å². The third-order valence-electron chi connectivity index (χ3n) is 4.32. The van der Waals surface area contributed by atoms with Gasteiger partial charge in [0.05, 0.1) is 0 Å². The fourth-order valence-electron chi connectivity index (χ4n) is 2.93. The van der Waals surface area contributed by atoms with E-state index in [0.29, 0.717) is 0 Å². The van der Waals surface area contributed by atoms with Crippen LogP contribution in [-0.2, 0) is 26.2 Å². The molecule has 3 heteroatoms. The summed E-state index contributed by atoms with van der Waals surface area (Å²) < 4.78 is 0. The molecule has 5 aromatic carbocycles. The smallest absolute Gasteiger partial charge is 1.00 e. The van der Waals surface area contributed by atoms with Crippen LogP contribution in [0.25, 0.3) is 21.5 Å². The van der Waals surface area contributed by atoms with Crippen molar-refractivity contribution in [2.45, 2.75) is 13.8 Å². The van der Waals surface area contributed by atoms with Gasteiger partial charge in [0.25, 0.3) is 0 Å². The van der Waals surface area contributed by atoms with Gasteiger partial charge in [0, 0.05) is 0 Å². The average Bonchev–Trinajstić information content (AvgIpc) is 3.54. The minimum absolute atomic E-state index is 0. The number of halogens is 2. The Morgan fingerprint density at radius 2 is 1.03 bits per heavy atom. The Kier molecular flexibility index (Phi) is 21.2. The van der Waals surface area contributed by atoms with Crippen LogP contribution in [0.2, 0.25) is 0 Å². The van der Waals surface area contributed by atoms with E-state index in [1.54, 1.807) is 0 Å². The Balaban J connectivity index is 0. The predicted molar refractivity (Wildman–Crippen MR) is 136 cm³/mol. The largest absolute Gasteiger partial charge is 2.00 e. The first-order valence-corrected chi connectivity index (χ1v) is 10.0. The summed E-state index contributed by atoms with van der Waals surface area (Å²) in [6.07, 6.45) is 10.0. The van der Waals surface area contributed by atoms with Crippen LogP contribution in [0.4, 0.5) is 0 Å². The molecule has 0 spiro atoms. The van der Waals surface area contributed by atoms with Gasteiger partial charge < -0.3 is 24.8 Å². The van der Waals surface area contributed by atoms with Crippen molar-refractivity contribution in [2.75, 3.05) is 0 Å². The normalized spacial score (nSPS) is 9.65. The third kappa shape index (κ3) is 12.2. The van der Waals surface area contributed by atoms with E-state index in [9.17, 15) is 0 Å². The van der Waals surface area contributed by atoms with Gasteiger partial charge in [-0.3, -0.25) is 6.08 Å². The molecule has 1 aliphatic carbocycles. The second-order valence-corrected chi connectivity index (χ2v) is 6.48. The molecule has 34 heavy (non-hydrogen) atoms. The molecule has 0 atom stereocenters. The third-order valence-corrected chi connectivity index (χ3v) is 4.32. The van der Waals surface area contributed by atoms with Crippen LogP contribution in [-0.4, -0.2) is 0 Å². The van der Waals surface area contributed by atoms with Crippen LogP contribution in [0, 0.1) is 18.2 Å². The number of fused-ring (bicyclic) bond motifs is 3. The summed E-state index contributed by atoms with van der Waals surface area (Å²) in [4.78, 5) is 0. The van der Waals surface area contributed by atoms with Gasteiger partial charge in [0.15, 0.2) is 0 Å². The topological polar surface area (TPSA) is 0 Å². The van der Waals surface area contributed by atoms with Gasteiger partial charge >= 0.3 is 26.2 Å². The van der Waals surface area contributed by atoms with Gasteiger partial charge in [0.2, 0.25) is 0 Å². The molecule has 0 N–H and O–H groups in total. The minimum atomic E-state index is 0. The van der Waals surface area contributed by atoms with Crippen molar-refractivity contribution in [2.24, 2.45) is 0 Å². The van der Waals surface area contributed by atoms with E-state index in [2.05, 4.69) is 78.9 Å². The molecule has 0 aromatic heterocycles. The van der Waals surface area contributed by atoms with Gasteiger partial charge in [-0.05, 0) is 0 Å². The van der Waals surface area contributed by atoms with Crippen molar-refractivity contribution in [3.63, 3.8) is 0 Å². The molecule has 6 rings (SSSR count). The number of benzene rings is 4. The number of rotatable bonds is 0. The van der Waals surface area contributed by atoms with Crippen molar-refractivity contribution < 1.29 is 51.0 Å². The maximum absolute atomic E-state index is 2.99.